The summed E-state index contributed by atoms with van der Waals surface area (Å²) in [6.07, 6.45) is -9.34. The van der Waals surface area contributed by atoms with Crippen molar-refractivity contribution in [1.29, 1.82) is 0 Å². The van der Waals surface area contributed by atoms with Crippen molar-refractivity contribution in [3.05, 3.63) is 242 Å². The van der Waals surface area contributed by atoms with E-state index >= 15 is 9.13 Å². The zero-order valence-corrected chi connectivity index (χ0v) is 39.9. The number of hydrogen-bond donors (Lipinski definition) is 2. The zero-order valence-electron chi connectivity index (χ0n) is 36.4. The summed E-state index contributed by atoms with van der Waals surface area (Å²) in [4.78, 5) is 0. The Bertz CT molecular complexity index is 3160. The number of fused-ring (bicyclic) bond motifs is 3. The minimum Gasteiger partial charge on any atom is -0.388 e. The molecule has 0 heterocycles. The smallest absolute Gasteiger partial charge is 0.388 e. The molecular weight excluding hydrogens is 1050 g/mol. The molecule has 10 aromatic rings. The van der Waals surface area contributed by atoms with E-state index in [1.54, 1.807) is 18.2 Å². The molecule has 2 unspecified atom stereocenters. The summed E-state index contributed by atoms with van der Waals surface area (Å²) in [5.74, 6) is 0. The van der Waals surface area contributed by atoms with Crippen LogP contribution in [0.2, 0.25) is 0 Å². The number of aliphatic hydroxyl groups is 2. The van der Waals surface area contributed by atoms with Gasteiger partial charge >= 0.3 is 6.18 Å². The first-order chi connectivity index (χ1) is 32.5. The first kappa shape index (κ1) is 49.1. The van der Waals surface area contributed by atoms with Gasteiger partial charge in [0.1, 0.15) is 0 Å². The average Bonchev–Trinajstić information content (AvgIpc) is 3.38. The third-order valence-electron chi connectivity index (χ3n) is 12.2. The maximum atomic E-state index is 16.2. The summed E-state index contributed by atoms with van der Waals surface area (Å²) in [6.45, 7) is 0. The fourth-order valence-electron chi connectivity index (χ4n) is 8.87. The Morgan fingerprint density at radius 3 is 1.10 bits per heavy atom. The van der Waals surface area contributed by atoms with Crippen molar-refractivity contribution in [3.8, 4) is 11.1 Å². The quantitative estimate of drug-likeness (QED) is 0.134. The van der Waals surface area contributed by atoms with Gasteiger partial charge in [-0.25, -0.2) is 0 Å². The molecule has 0 spiro atoms. The summed E-state index contributed by atoms with van der Waals surface area (Å²) >= 11 is 0. The monoisotopic (exact) mass is 1100 g/mol. The zero-order chi connectivity index (χ0) is 46.6. The predicted octanol–water partition coefficient (Wildman–Crippen LogP) is 12.1. The van der Waals surface area contributed by atoms with Crippen molar-refractivity contribution in [2.75, 3.05) is 0 Å². The largest absolute Gasteiger partial charge is 0.414 e. The van der Waals surface area contributed by atoms with Crippen LogP contribution in [0.15, 0.2) is 237 Å². The number of hydrogen-bond acceptors (Lipinski definition) is 4. The van der Waals surface area contributed by atoms with Crippen molar-refractivity contribution in [1.82, 2.24) is 0 Å². The van der Waals surface area contributed by atoms with Crippen molar-refractivity contribution < 1.29 is 79.4 Å². The van der Waals surface area contributed by atoms with Crippen LogP contribution in [0.5, 0.6) is 0 Å². The van der Waals surface area contributed by atoms with Crippen LogP contribution >= 0.6 is 14.3 Å². The van der Waals surface area contributed by atoms with Crippen LogP contribution < -0.4 is 31.8 Å². The van der Waals surface area contributed by atoms with E-state index in [0.717, 1.165) is 75.3 Å². The summed E-state index contributed by atoms with van der Waals surface area (Å²) < 4.78 is 69.1. The second-order valence-corrected chi connectivity index (χ2v) is 21.8. The molecule has 0 saturated carbocycles. The molecule has 0 fully saturated rings. The number of rotatable bonds is 10. The second kappa shape index (κ2) is 21.1. The van der Waals surface area contributed by atoms with Crippen LogP contribution in [0, 0.1) is 46.9 Å². The molecule has 0 radical (unpaired) electrons. The minimum atomic E-state index is -4.71. The van der Waals surface area contributed by atoms with Crippen molar-refractivity contribution in [3.63, 3.8) is 0 Å². The van der Waals surface area contributed by atoms with Gasteiger partial charge in [0.05, 0.1) is 6.10 Å². The molecule has 346 valence electrons. The van der Waals surface area contributed by atoms with Gasteiger partial charge in [0.25, 0.3) is 0 Å². The molecule has 10 aromatic carbocycles. The number of benzene rings is 10. The molecule has 4 nitrogen and oxygen atoms in total. The topological polar surface area (TPSA) is 74.6 Å². The van der Waals surface area contributed by atoms with Crippen molar-refractivity contribution in [2.24, 2.45) is 0 Å². The second-order valence-electron chi connectivity index (χ2n) is 16.3. The maximum Gasteiger partial charge on any atom is 0.414 e. The summed E-state index contributed by atoms with van der Waals surface area (Å²) in [6, 6.07) is 76.2. The van der Waals surface area contributed by atoms with Gasteiger partial charge in [-0.3, -0.25) is 0 Å². The standard InChI is InChI=1S/C44H32O2P2.C14H13F3O2.Yb/c45-47(35-19-5-1-6-20-35,36-21-7-2-8-22-36)41-31-29-33-17-13-15-27-39(33)43(41)44-40-28-16-14-18-34(40)30-32-42(44)48(46,37-23-9-3-10-24-37)38-25-11-4-12-26-38;15-14(16,17)13(19)8-12(18)11-6-5-9-3-1-2-4-10(9)7-11;/h1-32H;1-7,12-13,18-19H,8H2;. The van der Waals surface area contributed by atoms with Crippen molar-refractivity contribution >= 4 is 78.4 Å². The van der Waals surface area contributed by atoms with Crippen molar-refractivity contribution in [2.45, 2.75) is 24.8 Å². The normalized spacial score (nSPS) is 12.7. The average molecular weight is 1100 g/mol. The molecular formula is C58H45F3O4P2Yb. The van der Waals surface area contributed by atoms with Gasteiger partial charge in [-0.2, -0.15) is 13.2 Å². The first-order valence-corrected chi connectivity index (χ1v) is 25.3. The maximum absolute atomic E-state index is 16.2. The Balaban J connectivity index is 0.000000263. The third kappa shape index (κ3) is 9.77. The van der Waals surface area contributed by atoms with E-state index in [4.69, 9.17) is 5.11 Å². The van der Waals surface area contributed by atoms with Crippen LogP contribution in [-0.4, -0.2) is 22.5 Å². The fourth-order valence-corrected chi connectivity index (χ4v) is 14.6. The predicted molar refractivity (Wildman–Crippen MR) is 271 cm³/mol. The van der Waals surface area contributed by atoms with Gasteiger partial charge < -0.3 is 19.3 Å². The molecule has 10 rings (SSSR count). The van der Waals surface area contributed by atoms with Gasteiger partial charge in [-0.1, -0.05) is 218 Å². The molecule has 2 atom stereocenters. The van der Waals surface area contributed by atoms with E-state index in [2.05, 4.69) is 36.4 Å². The minimum absolute atomic E-state index is 0. The molecule has 2 N–H and O–H groups in total. The summed E-state index contributed by atoms with van der Waals surface area (Å²) in [5.41, 5.74) is 2.06. The molecule has 0 saturated heterocycles. The van der Waals surface area contributed by atoms with Gasteiger partial charge in [0.2, 0.25) is 0 Å². The Morgan fingerprint density at radius 1 is 0.397 bits per heavy atom. The van der Waals surface area contributed by atoms with Crippen LogP contribution in [-0.2, 0) is 9.13 Å². The molecule has 0 aliphatic rings. The summed E-state index contributed by atoms with van der Waals surface area (Å²) in [7, 11) is -6.94. The van der Waals surface area contributed by atoms with Gasteiger partial charge in [-0.05, 0) is 56.1 Å². The van der Waals surface area contributed by atoms with Gasteiger partial charge in [0.15, 0.2) is 20.4 Å². The fraction of sp³-hybridized carbons (Fsp3) is 0.0690. The Hall–Kier alpha value is -5.33. The number of aliphatic hydroxyl groups excluding tert-OH is 2. The molecule has 0 bridgehead atoms. The Kier molecular flexibility index (Phi) is 15.3. The van der Waals surface area contributed by atoms with E-state index in [1.165, 1.54) is 0 Å². The first-order valence-electron chi connectivity index (χ1n) is 21.9. The van der Waals surface area contributed by atoms with Gasteiger partial charge in [-0.15, -0.1) is 0 Å². The van der Waals surface area contributed by atoms with Crippen LogP contribution in [0.3, 0.4) is 0 Å². The van der Waals surface area contributed by atoms with E-state index in [-0.39, 0.29) is 46.9 Å². The molecule has 0 amide bonds. The Labute approximate surface area is 432 Å². The molecule has 0 aromatic heterocycles. The summed E-state index contributed by atoms with van der Waals surface area (Å²) in [5, 5.41) is 28.9. The van der Waals surface area contributed by atoms with Crippen LogP contribution in [0.25, 0.3) is 43.4 Å². The SMILES string of the molecule is O=P(c1ccccc1)(c1ccccc1)c1ccc2ccccc2c1-c1c(P(=O)(c2ccccc2)c2ccccc2)ccc2ccccc12.OC(CC(O)C(F)(F)F)c1ccc2ccccc2c1.[Yb]. The van der Waals surface area contributed by atoms with Crippen LogP contribution in [0.4, 0.5) is 13.2 Å². The van der Waals surface area contributed by atoms with E-state index in [9.17, 15) is 18.3 Å². The molecule has 68 heavy (non-hydrogen) atoms. The van der Waals surface area contributed by atoms with E-state index < -0.39 is 39.1 Å². The molecule has 10 heteroatoms. The molecule has 0 aliphatic carbocycles. The third-order valence-corrected chi connectivity index (χ3v) is 18.4. The van der Waals surface area contributed by atoms with Crippen LogP contribution in [0.1, 0.15) is 18.1 Å². The number of alkyl halides is 3. The van der Waals surface area contributed by atoms with Gasteiger partial charge in [0, 0.05) is 96.3 Å². The van der Waals surface area contributed by atoms with E-state index in [0.29, 0.717) is 5.56 Å². The molecule has 0 aliphatic heterocycles. The number of halogens is 3. The Morgan fingerprint density at radius 2 is 0.721 bits per heavy atom. The van der Waals surface area contributed by atoms with E-state index in [1.807, 2.05) is 182 Å².